The van der Waals surface area contributed by atoms with Gasteiger partial charge in [0.15, 0.2) is 0 Å². The Labute approximate surface area is 137 Å². The van der Waals surface area contributed by atoms with Crippen molar-refractivity contribution < 1.29 is 49.0 Å². The van der Waals surface area contributed by atoms with Crippen LogP contribution in [0.3, 0.4) is 0 Å². The van der Waals surface area contributed by atoms with Gasteiger partial charge in [-0.2, -0.15) is 4.33 Å². The molecular formula is C10H11ClNNaO4S. The molecule has 0 saturated carbocycles. The summed E-state index contributed by atoms with van der Waals surface area (Å²) in [6.07, 6.45) is 0.268. The van der Waals surface area contributed by atoms with Crippen molar-refractivity contribution in [2.75, 3.05) is 11.2 Å². The van der Waals surface area contributed by atoms with Gasteiger partial charge >= 0.3 is 29.6 Å². The van der Waals surface area contributed by atoms with Crippen LogP contribution in [0.15, 0.2) is 23.1 Å². The molecule has 18 heavy (non-hydrogen) atoms. The zero-order chi connectivity index (χ0) is 12.7. The number of anilines is 1. The van der Waals surface area contributed by atoms with Gasteiger partial charge in [-0.25, -0.2) is 0 Å². The summed E-state index contributed by atoms with van der Waals surface area (Å²) in [4.78, 5) is 12.0. The van der Waals surface area contributed by atoms with E-state index in [0.29, 0.717) is 10.6 Å². The van der Waals surface area contributed by atoms with Crippen LogP contribution in [0.5, 0.6) is 0 Å². The van der Waals surface area contributed by atoms with Crippen molar-refractivity contribution in [3.05, 3.63) is 23.8 Å². The molecule has 0 radical (unpaired) electrons. The first-order valence-corrected chi connectivity index (χ1v) is 6.04. The Morgan fingerprint density at radius 1 is 1.56 bits per heavy atom. The normalized spacial score (nSPS) is 9.72. The Kier molecular flexibility index (Phi) is 10.2. The molecule has 0 aliphatic carbocycles. The molecule has 0 aromatic heterocycles. The van der Waals surface area contributed by atoms with Gasteiger partial charge < -0.3 is 10.6 Å². The van der Waals surface area contributed by atoms with Crippen molar-refractivity contribution >= 4 is 35.2 Å². The van der Waals surface area contributed by atoms with Gasteiger partial charge in [-0.3, -0.25) is 9.83 Å². The van der Waals surface area contributed by atoms with Crippen LogP contribution in [0, 0.1) is 6.92 Å². The molecule has 1 aromatic carbocycles. The Hall–Kier alpha value is 0.210. The zero-order valence-corrected chi connectivity index (χ0v) is 13.6. The molecule has 1 N–H and O–H groups in total. The van der Waals surface area contributed by atoms with Crippen LogP contribution < -0.4 is 40.1 Å². The second-order valence-electron chi connectivity index (χ2n) is 3.18. The third-order valence-electron chi connectivity index (χ3n) is 1.95. The molecule has 94 valence electrons. The average Bonchev–Trinajstić information content (AvgIpc) is 2.30. The van der Waals surface area contributed by atoms with E-state index in [1.807, 2.05) is 6.92 Å². The molecule has 0 aliphatic rings. The third kappa shape index (κ3) is 6.40. The number of alkyl halides is 1. The predicted molar refractivity (Wildman–Crippen MR) is 63.2 cm³/mol. The van der Waals surface area contributed by atoms with E-state index in [1.165, 1.54) is 0 Å². The fraction of sp³-hybridized carbons (Fsp3) is 0.300. The molecule has 0 spiro atoms. The first kappa shape index (κ1) is 18.2. The van der Waals surface area contributed by atoms with Crippen LogP contribution in [0.2, 0.25) is 0 Å². The minimum absolute atomic E-state index is 0. The molecule has 0 fully saturated rings. The second kappa shape index (κ2) is 10.1. The van der Waals surface area contributed by atoms with Crippen LogP contribution in [0.25, 0.3) is 0 Å². The van der Waals surface area contributed by atoms with Gasteiger partial charge in [0.25, 0.3) is 0 Å². The smallest absolute Gasteiger partial charge is 0.691 e. The molecule has 0 aliphatic heterocycles. The number of carbonyl (C=O) groups is 1. The predicted octanol–water partition coefficient (Wildman–Crippen LogP) is -1.20. The Balaban J connectivity index is 0.00000289. The number of rotatable bonds is 6. The third-order valence-corrected chi connectivity index (χ3v) is 2.71. The molecule has 1 aromatic rings. The van der Waals surface area contributed by atoms with Crippen molar-refractivity contribution in [3.63, 3.8) is 0 Å². The summed E-state index contributed by atoms with van der Waals surface area (Å²) in [5.74, 6) is 0.149. The number of nitrogens with one attached hydrogen (secondary N) is 1. The first-order chi connectivity index (χ1) is 8.17. The van der Waals surface area contributed by atoms with Gasteiger partial charge in [-0.15, -0.1) is 11.6 Å². The van der Waals surface area contributed by atoms with Gasteiger partial charge in [0.1, 0.15) is 0 Å². The number of aryl methyl sites for hydroxylation is 1. The van der Waals surface area contributed by atoms with Gasteiger partial charge in [0.2, 0.25) is 5.91 Å². The maximum Gasteiger partial charge on any atom is 1.00 e. The molecule has 1 amide bonds. The fourth-order valence-corrected chi connectivity index (χ4v) is 1.81. The van der Waals surface area contributed by atoms with E-state index >= 15 is 0 Å². The molecule has 8 heteroatoms. The van der Waals surface area contributed by atoms with Gasteiger partial charge in [-0.05, 0) is 30.7 Å². The van der Waals surface area contributed by atoms with Crippen molar-refractivity contribution in [1.29, 1.82) is 0 Å². The quantitative estimate of drug-likeness (QED) is 0.235. The average molecular weight is 300 g/mol. The van der Waals surface area contributed by atoms with Crippen molar-refractivity contribution in [2.45, 2.75) is 18.2 Å². The molecule has 0 atom stereocenters. The van der Waals surface area contributed by atoms with Crippen LogP contribution in [-0.4, -0.2) is 11.8 Å². The Bertz CT molecular complexity index is 394. The van der Waals surface area contributed by atoms with Gasteiger partial charge in [0.05, 0.1) is 12.0 Å². The summed E-state index contributed by atoms with van der Waals surface area (Å²) in [5, 5.41) is 15.6. The van der Waals surface area contributed by atoms with Gasteiger partial charge in [0, 0.05) is 22.9 Å². The van der Waals surface area contributed by atoms with E-state index in [1.54, 1.807) is 18.2 Å². The van der Waals surface area contributed by atoms with E-state index in [9.17, 15) is 10.1 Å². The largest absolute Gasteiger partial charge is 1.00 e. The number of hydrogen-bond donors (Lipinski definition) is 1. The van der Waals surface area contributed by atoms with Crippen molar-refractivity contribution in [2.24, 2.45) is 0 Å². The topological polar surface area (TPSA) is 70.6 Å². The summed E-state index contributed by atoms with van der Waals surface area (Å²) >= 11 is 6.26. The SMILES string of the molecule is Cc1cc(SOO[O-])ccc1NC(=O)CCCl.[Na+]. The summed E-state index contributed by atoms with van der Waals surface area (Å²) in [5.41, 5.74) is 1.56. The maximum absolute atomic E-state index is 11.3. The second-order valence-corrected chi connectivity index (χ2v) is 4.34. The van der Waals surface area contributed by atoms with Crippen molar-refractivity contribution in [1.82, 2.24) is 0 Å². The minimum Gasteiger partial charge on any atom is -0.691 e. The number of benzene rings is 1. The standard InChI is InChI=1S/C10H12ClNO4S.Na/c1-7-6-8(17-16-15-14)2-3-9(7)12-10(13)4-5-11;/h2-3,6,14H,4-5H2,1H3,(H,12,13);/q;+1/p-1. The number of amides is 1. The molecule has 5 nitrogen and oxygen atoms in total. The van der Waals surface area contributed by atoms with Gasteiger partial charge in [-0.1, -0.05) is 0 Å². The van der Waals surface area contributed by atoms with Crippen LogP contribution in [0.4, 0.5) is 5.69 Å². The summed E-state index contributed by atoms with van der Waals surface area (Å²) < 4.78 is 4.19. The van der Waals surface area contributed by atoms with E-state index in [0.717, 1.165) is 17.6 Å². The summed E-state index contributed by atoms with van der Waals surface area (Å²) in [7, 11) is 0. The summed E-state index contributed by atoms with van der Waals surface area (Å²) in [6, 6.07) is 5.19. The van der Waals surface area contributed by atoms with Crippen molar-refractivity contribution in [3.8, 4) is 0 Å². The first-order valence-electron chi connectivity index (χ1n) is 4.77. The molecule has 0 unspecified atom stereocenters. The van der Waals surface area contributed by atoms with E-state index in [4.69, 9.17) is 11.6 Å². The maximum atomic E-state index is 11.3. The van der Waals surface area contributed by atoms with Crippen LogP contribution in [-0.2, 0) is 14.2 Å². The van der Waals surface area contributed by atoms with E-state index in [2.05, 4.69) is 14.7 Å². The monoisotopic (exact) mass is 299 g/mol. The molecule has 0 heterocycles. The fourth-order valence-electron chi connectivity index (χ4n) is 1.18. The number of hydrogen-bond acceptors (Lipinski definition) is 5. The van der Waals surface area contributed by atoms with E-state index < -0.39 is 0 Å². The molecule has 1 rings (SSSR count). The van der Waals surface area contributed by atoms with Crippen LogP contribution in [0.1, 0.15) is 12.0 Å². The molecule has 0 bridgehead atoms. The number of halogens is 1. The Morgan fingerprint density at radius 2 is 2.28 bits per heavy atom. The van der Waals surface area contributed by atoms with E-state index in [-0.39, 0.29) is 47.8 Å². The number of carbonyl (C=O) groups excluding carboxylic acids is 1. The summed E-state index contributed by atoms with van der Waals surface area (Å²) in [6.45, 7) is 1.83. The minimum atomic E-state index is -0.136. The molecule has 0 saturated heterocycles. The molecular weight excluding hydrogens is 289 g/mol. The van der Waals surface area contributed by atoms with Crippen LogP contribution >= 0.6 is 23.6 Å². The zero-order valence-electron chi connectivity index (χ0n) is 10.1. The Morgan fingerprint density at radius 3 is 2.83 bits per heavy atom.